The number of benzene rings is 1. The van der Waals surface area contributed by atoms with Crippen LogP contribution in [0.15, 0.2) is 35.4 Å². The van der Waals surface area contributed by atoms with Crippen LogP contribution in [0.2, 0.25) is 0 Å². The molecule has 0 saturated carbocycles. The van der Waals surface area contributed by atoms with Gasteiger partial charge in [-0.3, -0.25) is 4.79 Å². The van der Waals surface area contributed by atoms with Crippen molar-refractivity contribution in [3.05, 3.63) is 52.2 Å². The molecule has 3 aromatic rings. The van der Waals surface area contributed by atoms with Crippen molar-refractivity contribution in [3.8, 4) is 0 Å². The molecule has 0 aliphatic heterocycles. The first-order valence-corrected chi connectivity index (χ1v) is 9.75. The van der Waals surface area contributed by atoms with E-state index in [2.05, 4.69) is 23.8 Å². The lowest BCUT2D eigenvalue weighted by molar-refractivity contribution is -0.128. The lowest BCUT2D eigenvalue weighted by atomic mass is 10.1. The second kappa shape index (κ2) is 7.14. The summed E-state index contributed by atoms with van der Waals surface area (Å²) < 4.78 is 0. The molecule has 6 heteroatoms. The van der Waals surface area contributed by atoms with Crippen molar-refractivity contribution in [2.24, 2.45) is 0 Å². The van der Waals surface area contributed by atoms with Gasteiger partial charge in [0, 0.05) is 24.4 Å². The summed E-state index contributed by atoms with van der Waals surface area (Å²) in [6.07, 6.45) is 0. The van der Waals surface area contributed by atoms with Gasteiger partial charge >= 0.3 is 0 Å². The first kappa shape index (κ1) is 17.9. The van der Waals surface area contributed by atoms with Crippen molar-refractivity contribution in [2.75, 3.05) is 14.1 Å². The van der Waals surface area contributed by atoms with Crippen LogP contribution in [0.25, 0.3) is 10.2 Å². The smallest absolute Gasteiger partial charge is 0.240 e. The standard InChI is InChI=1S/C19H21N3OS2/c1-11-12(2)24-17-15(11)18(21-13(3)20-17)25-16(19(23)22(4)5)14-9-7-6-8-10-14/h6-10,16H,1-5H3/t16-/m0/s1. The first-order valence-electron chi connectivity index (χ1n) is 8.05. The van der Waals surface area contributed by atoms with Crippen LogP contribution in [0.1, 0.15) is 27.1 Å². The van der Waals surface area contributed by atoms with Crippen LogP contribution in [0.5, 0.6) is 0 Å². The largest absolute Gasteiger partial charge is 0.348 e. The topological polar surface area (TPSA) is 46.1 Å². The molecule has 1 amide bonds. The van der Waals surface area contributed by atoms with Crippen LogP contribution < -0.4 is 0 Å². The molecule has 0 spiro atoms. The Hall–Kier alpha value is -1.92. The number of aryl methyl sites for hydroxylation is 3. The molecule has 130 valence electrons. The third kappa shape index (κ3) is 3.55. The van der Waals surface area contributed by atoms with Gasteiger partial charge in [0.2, 0.25) is 5.91 Å². The second-order valence-electron chi connectivity index (χ2n) is 6.18. The zero-order chi connectivity index (χ0) is 18.1. The molecule has 0 bridgehead atoms. The molecule has 3 rings (SSSR count). The molecule has 1 atom stereocenters. The number of amides is 1. The minimum absolute atomic E-state index is 0.0604. The summed E-state index contributed by atoms with van der Waals surface area (Å²) in [4.78, 5) is 25.9. The van der Waals surface area contributed by atoms with Crippen molar-refractivity contribution >= 4 is 39.2 Å². The van der Waals surface area contributed by atoms with E-state index in [9.17, 15) is 4.79 Å². The van der Waals surface area contributed by atoms with E-state index in [-0.39, 0.29) is 11.2 Å². The molecular formula is C19H21N3OS2. The van der Waals surface area contributed by atoms with E-state index >= 15 is 0 Å². The molecule has 0 radical (unpaired) electrons. The number of thioether (sulfide) groups is 1. The Kier molecular flexibility index (Phi) is 5.11. The fourth-order valence-electron chi connectivity index (χ4n) is 2.63. The summed E-state index contributed by atoms with van der Waals surface area (Å²) in [6, 6.07) is 9.89. The van der Waals surface area contributed by atoms with E-state index in [4.69, 9.17) is 0 Å². The molecule has 1 aromatic carbocycles. The van der Waals surface area contributed by atoms with Gasteiger partial charge in [-0.1, -0.05) is 42.1 Å². The average Bonchev–Trinajstić information content (AvgIpc) is 2.86. The van der Waals surface area contributed by atoms with E-state index in [0.29, 0.717) is 0 Å². The van der Waals surface area contributed by atoms with E-state index in [0.717, 1.165) is 26.6 Å². The Balaban J connectivity index is 2.11. The van der Waals surface area contributed by atoms with Crippen molar-refractivity contribution < 1.29 is 4.79 Å². The minimum atomic E-state index is -0.326. The SMILES string of the molecule is Cc1nc(S[C@H](C(=O)N(C)C)c2ccccc2)c2c(C)c(C)sc2n1. The molecule has 0 saturated heterocycles. The molecule has 0 aliphatic carbocycles. The van der Waals surface area contributed by atoms with Crippen LogP contribution in [0.3, 0.4) is 0 Å². The molecular weight excluding hydrogens is 350 g/mol. The van der Waals surface area contributed by atoms with Crippen LogP contribution in [0.4, 0.5) is 0 Å². The van der Waals surface area contributed by atoms with Crippen molar-refractivity contribution in [1.29, 1.82) is 0 Å². The number of likely N-dealkylation sites (N-methyl/N-ethyl adjacent to an activating group) is 1. The Labute approximate surface area is 156 Å². The molecule has 0 N–H and O–H groups in total. The summed E-state index contributed by atoms with van der Waals surface area (Å²) >= 11 is 3.20. The Morgan fingerprint density at radius 2 is 1.80 bits per heavy atom. The normalized spacial score (nSPS) is 12.4. The lowest BCUT2D eigenvalue weighted by Crippen LogP contribution is -2.26. The maximum atomic E-state index is 12.8. The molecule has 25 heavy (non-hydrogen) atoms. The summed E-state index contributed by atoms with van der Waals surface area (Å²) in [5.74, 6) is 0.797. The van der Waals surface area contributed by atoms with Crippen molar-refractivity contribution in [2.45, 2.75) is 31.0 Å². The van der Waals surface area contributed by atoms with Crippen LogP contribution in [0, 0.1) is 20.8 Å². The van der Waals surface area contributed by atoms with E-state index in [1.807, 2.05) is 37.3 Å². The molecule has 0 aliphatic rings. The Morgan fingerprint density at radius 1 is 1.12 bits per heavy atom. The number of carbonyl (C=O) groups excluding carboxylic acids is 1. The van der Waals surface area contributed by atoms with Gasteiger partial charge in [0.25, 0.3) is 0 Å². The van der Waals surface area contributed by atoms with Gasteiger partial charge in [-0.15, -0.1) is 11.3 Å². The predicted molar refractivity (Wildman–Crippen MR) is 105 cm³/mol. The molecule has 0 fully saturated rings. The summed E-state index contributed by atoms with van der Waals surface area (Å²) in [5.41, 5.74) is 2.19. The van der Waals surface area contributed by atoms with Gasteiger partial charge in [0.15, 0.2) is 0 Å². The fraction of sp³-hybridized carbons (Fsp3) is 0.316. The van der Waals surface area contributed by atoms with Gasteiger partial charge in [0.05, 0.1) is 0 Å². The van der Waals surface area contributed by atoms with Crippen LogP contribution in [-0.2, 0) is 4.79 Å². The second-order valence-corrected chi connectivity index (χ2v) is 8.48. The molecule has 2 aromatic heterocycles. The quantitative estimate of drug-likeness (QED) is 0.499. The zero-order valence-electron chi connectivity index (χ0n) is 15.0. The number of rotatable bonds is 4. The Morgan fingerprint density at radius 3 is 2.44 bits per heavy atom. The van der Waals surface area contributed by atoms with Gasteiger partial charge in [-0.2, -0.15) is 0 Å². The highest BCUT2D eigenvalue weighted by Crippen LogP contribution is 2.41. The number of hydrogen-bond acceptors (Lipinski definition) is 5. The first-order chi connectivity index (χ1) is 11.9. The highest BCUT2D eigenvalue weighted by atomic mass is 32.2. The molecule has 0 unspecified atom stereocenters. The third-order valence-electron chi connectivity index (χ3n) is 4.10. The lowest BCUT2D eigenvalue weighted by Gasteiger charge is -2.20. The third-order valence-corrected chi connectivity index (χ3v) is 6.43. The number of fused-ring (bicyclic) bond motifs is 1. The Bertz CT molecular complexity index is 919. The fourth-order valence-corrected chi connectivity index (χ4v) is 5.15. The van der Waals surface area contributed by atoms with E-state index in [1.54, 1.807) is 30.3 Å². The van der Waals surface area contributed by atoms with Crippen molar-refractivity contribution in [3.63, 3.8) is 0 Å². The summed E-state index contributed by atoms with van der Waals surface area (Å²) in [6.45, 7) is 6.10. The predicted octanol–water partition coefficient (Wildman–Crippen LogP) is 4.54. The number of hydrogen-bond donors (Lipinski definition) is 0. The maximum Gasteiger partial charge on any atom is 0.240 e. The summed E-state index contributed by atoms with van der Waals surface area (Å²) in [7, 11) is 3.58. The van der Waals surface area contributed by atoms with E-state index in [1.165, 1.54) is 22.2 Å². The molecule has 2 heterocycles. The van der Waals surface area contributed by atoms with Crippen LogP contribution >= 0.6 is 23.1 Å². The number of carbonyl (C=O) groups is 1. The van der Waals surface area contributed by atoms with Gasteiger partial charge in [-0.25, -0.2) is 9.97 Å². The van der Waals surface area contributed by atoms with Gasteiger partial charge in [-0.05, 0) is 31.9 Å². The van der Waals surface area contributed by atoms with Crippen molar-refractivity contribution in [1.82, 2.24) is 14.9 Å². The van der Waals surface area contributed by atoms with Gasteiger partial charge in [0.1, 0.15) is 20.9 Å². The zero-order valence-corrected chi connectivity index (χ0v) is 16.7. The number of nitrogens with zero attached hydrogens (tertiary/aromatic N) is 3. The van der Waals surface area contributed by atoms with E-state index < -0.39 is 0 Å². The highest BCUT2D eigenvalue weighted by molar-refractivity contribution is 8.00. The highest BCUT2D eigenvalue weighted by Gasteiger charge is 2.26. The number of thiophene rings is 1. The maximum absolute atomic E-state index is 12.8. The van der Waals surface area contributed by atoms with Crippen LogP contribution in [-0.4, -0.2) is 34.9 Å². The number of aromatic nitrogens is 2. The summed E-state index contributed by atoms with van der Waals surface area (Å²) in [5, 5.41) is 1.63. The van der Waals surface area contributed by atoms with Gasteiger partial charge < -0.3 is 4.90 Å². The minimum Gasteiger partial charge on any atom is -0.348 e. The average molecular weight is 372 g/mol. The monoisotopic (exact) mass is 371 g/mol. The molecule has 4 nitrogen and oxygen atoms in total.